The molecular weight excluding hydrogens is 338 g/mol. The first-order chi connectivity index (χ1) is 10.6. The maximum absolute atomic E-state index is 6.40. The van der Waals surface area contributed by atoms with E-state index in [1.807, 2.05) is 12.1 Å². The Morgan fingerprint density at radius 1 is 1.14 bits per heavy atom. The first-order valence-corrected chi connectivity index (χ1v) is 8.30. The highest BCUT2D eigenvalue weighted by Crippen LogP contribution is 2.27. The highest BCUT2D eigenvalue weighted by Gasteiger charge is 2.20. The topological polar surface area (TPSA) is 43.8 Å². The van der Waals surface area contributed by atoms with Gasteiger partial charge >= 0.3 is 0 Å². The Kier molecular flexibility index (Phi) is 4.32. The molecule has 114 valence electrons. The summed E-state index contributed by atoms with van der Waals surface area (Å²) in [5.74, 6) is 1.29. The van der Waals surface area contributed by atoms with Gasteiger partial charge in [0, 0.05) is 11.0 Å². The van der Waals surface area contributed by atoms with Gasteiger partial charge in [0.15, 0.2) is 0 Å². The van der Waals surface area contributed by atoms with Gasteiger partial charge in [0.1, 0.15) is 5.82 Å². The number of imidazole rings is 1. The van der Waals surface area contributed by atoms with Crippen molar-refractivity contribution in [1.82, 2.24) is 9.55 Å². The Bertz CT molecular complexity index is 778. The molecule has 0 spiro atoms. The summed E-state index contributed by atoms with van der Waals surface area (Å²) in [6.07, 6.45) is 0. The molecule has 0 aliphatic rings. The van der Waals surface area contributed by atoms with E-state index in [-0.39, 0.29) is 6.04 Å². The Balaban J connectivity index is 2.14. The molecule has 0 radical (unpaired) electrons. The summed E-state index contributed by atoms with van der Waals surface area (Å²) < 4.78 is 3.27. The Hall–Kier alpha value is -1.65. The van der Waals surface area contributed by atoms with E-state index in [9.17, 15) is 0 Å². The van der Waals surface area contributed by atoms with E-state index in [2.05, 4.69) is 70.7 Å². The Morgan fingerprint density at radius 2 is 1.86 bits per heavy atom. The van der Waals surface area contributed by atoms with Crippen LogP contribution in [0.5, 0.6) is 0 Å². The van der Waals surface area contributed by atoms with Crippen LogP contribution in [0.3, 0.4) is 0 Å². The van der Waals surface area contributed by atoms with Gasteiger partial charge in [-0.3, -0.25) is 0 Å². The zero-order valence-corrected chi connectivity index (χ0v) is 14.4. The second-order valence-corrected chi connectivity index (χ2v) is 6.86. The summed E-state index contributed by atoms with van der Waals surface area (Å²) in [6, 6.07) is 16.6. The summed E-state index contributed by atoms with van der Waals surface area (Å²) in [5, 5.41) is 0. The molecule has 2 N–H and O–H groups in total. The summed E-state index contributed by atoms with van der Waals surface area (Å²) in [4.78, 5) is 4.80. The molecule has 3 aromatic rings. The van der Waals surface area contributed by atoms with Crippen molar-refractivity contribution in [3.63, 3.8) is 0 Å². The van der Waals surface area contributed by atoms with E-state index in [0.29, 0.717) is 5.92 Å². The molecule has 1 heterocycles. The maximum atomic E-state index is 6.40. The molecule has 1 unspecified atom stereocenters. The molecule has 3 rings (SSSR count). The molecule has 0 fully saturated rings. The summed E-state index contributed by atoms with van der Waals surface area (Å²) in [5.41, 5.74) is 9.76. The van der Waals surface area contributed by atoms with Gasteiger partial charge in [0.25, 0.3) is 0 Å². The molecule has 0 bridgehead atoms. The zero-order valence-electron chi connectivity index (χ0n) is 12.8. The van der Waals surface area contributed by atoms with Crippen LogP contribution in [-0.2, 0) is 6.54 Å². The number of rotatable bonds is 4. The van der Waals surface area contributed by atoms with Crippen LogP contribution in [0.15, 0.2) is 53.0 Å². The number of fused-ring (bicyclic) bond motifs is 1. The summed E-state index contributed by atoms with van der Waals surface area (Å²) in [6.45, 7) is 5.05. The number of hydrogen-bond donors (Lipinski definition) is 1. The van der Waals surface area contributed by atoms with Crippen molar-refractivity contribution in [3.8, 4) is 0 Å². The van der Waals surface area contributed by atoms with Crippen LogP contribution >= 0.6 is 15.9 Å². The molecule has 0 saturated heterocycles. The average Bonchev–Trinajstić information content (AvgIpc) is 2.85. The van der Waals surface area contributed by atoms with Crippen LogP contribution < -0.4 is 5.73 Å². The first-order valence-electron chi connectivity index (χ1n) is 7.51. The van der Waals surface area contributed by atoms with Gasteiger partial charge in [-0.15, -0.1) is 0 Å². The molecule has 2 aromatic carbocycles. The number of hydrogen-bond acceptors (Lipinski definition) is 2. The fraction of sp³-hybridized carbons (Fsp3) is 0.278. The van der Waals surface area contributed by atoms with E-state index >= 15 is 0 Å². The van der Waals surface area contributed by atoms with Crippen molar-refractivity contribution in [3.05, 3.63) is 64.4 Å². The second kappa shape index (κ2) is 6.23. The molecule has 1 atom stereocenters. The fourth-order valence-electron chi connectivity index (χ4n) is 2.61. The lowest BCUT2D eigenvalue weighted by Crippen LogP contribution is -2.22. The number of nitrogens with zero attached hydrogens (tertiary/aromatic N) is 2. The van der Waals surface area contributed by atoms with Gasteiger partial charge in [0.05, 0.1) is 17.1 Å². The lowest BCUT2D eigenvalue weighted by Gasteiger charge is -2.17. The molecule has 0 amide bonds. The van der Waals surface area contributed by atoms with Crippen molar-refractivity contribution >= 4 is 27.0 Å². The van der Waals surface area contributed by atoms with Crippen molar-refractivity contribution in [1.29, 1.82) is 0 Å². The predicted octanol–water partition coefficient (Wildman–Crippen LogP) is 4.50. The van der Waals surface area contributed by atoms with Crippen LogP contribution in [0.4, 0.5) is 0 Å². The summed E-state index contributed by atoms with van der Waals surface area (Å²) >= 11 is 3.52. The van der Waals surface area contributed by atoms with Crippen LogP contribution in [0.25, 0.3) is 11.0 Å². The zero-order chi connectivity index (χ0) is 15.7. The molecule has 1 aromatic heterocycles. The van der Waals surface area contributed by atoms with Gasteiger partial charge in [0.2, 0.25) is 0 Å². The largest absolute Gasteiger partial charge is 0.322 e. The quantitative estimate of drug-likeness (QED) is 0.746. The van der Waals surface area contributed by atoms with Crippen LogP contribution in [0, 0.1) is 5.92 Å². The lowest BCUT2D eigenvalue weighted by atomic mass is 10.0. The van der Waals surface area contributed by atoms with Gasteiger partial charge in [-0.2, -0.15) is 0 Å². The number of nitrogens with two attached hydrogens (primary N) is 1. The Labute approximate surface area is 139 Å². The third-order valence-corrected chi connectivity index (χ3v) is 4.43. The first kappa shape index (κ1) is 15.3. The summed E-state index contributed by atoms with van der Waals surface area (Å²) in [7, 11) is 0. The van der Waals surface area contributed by atoms with Crippen molar-refractivity contribution in [2.75, 3.05) is 0 Å². The van der Waals surface area contributed by atoms with Gasteiger partial charge in [-0.1, -0.05) is 60.1 Å². The van der Waals surface area contributed by atoms with Crippen LogP contribution in [-0.4, -0.2) is 9.55 Å². The average molecular weight is 358 g/mol. The van der Waals surface area contributed by atoms with Crippen molar-refractivity contribution in [2.24, 2.45) is 11.7 Å². The van der Waals surface area contributed by atoms with Crippen molar-refractivity contribution < 1.29 is 0 Å². The number of aromatic nitrogens is 2. The minimum absolute atomic E-state index is 0.0742. The molecular formula is C18H20BrN3. The van der Waals surface area contributed by atoms with Crippen molar-refractivity contribution in [2.45, 2.75) is 26.4 Å². The molecule has 3 nitrogen and oxygen atoms in total. The van der Waals surface area contributed by atoms with Crippen LogP contribution in [0.1, 0.15) is 31.3 Å². The van der Waals surface area contributed by atoms with E-state index in [4.69, 9.17) is 10.7 Å². The Morgan fingerprint density at radius 3 is 2.55 bits per heavy atom. The minimum Gasteiger partial charge on any atom is -0.322 e. The van der Waals surface area contributed by atoms with Gasteiger partial charge < -0.3 is 10.3 Å². The molecule has 0 aliphatic carbocycles. The van der Waals surface area contributed by atoms with E-state index < -0.39 is 0 Å². The molecule has 22 heavy (non-hydrogen) atoms. The van der Waals surface area contributed by atoms with Gasteiger partial charge in [-0.25, -0.2) is 4.98 Å². The van der Waals surface area contributed by atoms with E-state index in [0.717, 1.165) is 27.9 Å². The van der Waals surface area contributed by atoms with E-state index in [1.165, 1.54) is 5.56 Å². The standard InChI is InChI=1S/C18H20BrN3/c1-12(2)17(20)18-21-15-10-14(19)8-9-16(15)22(18)11-13-6-4-3-5-7-13/h3-10,12,17H,11,20H2,1-2H3. The minimum atomic E-state index is -0.0742. The predicted molar refractivity (Wildman–Crippen MR) is 94.7 cm³/mol. The number of halogens is 1. The third kappa shape index (κ3) is 2.94. The molecule has 0 aliphatic heterocycles. The highest BCUT2D eigenvalue weighted by molar-refractivity contribution is 9.10. The lowest BCUT2D eigenvalue weighted by molar-refractivity contribution is 0.475. The van der Waals surface area contributed by atoms with Crippen LogP contribution in [0.2, 0.25) is 0 Å². The van der Waals surface area contributed by atoms with Gasteiger partial charge in [-0.05, 0) is 29.7 Å². The molecule has 0 saturated carbocycles. The number of benzene rings is 2. The second-order valence-electron chi connectivity index (χ2n) is 5.94. The molecule has 4 heteroatoms. The fourth-order valence-corrected chi connectivity index (χ4v) is 2.96. The SMILES string of the molecule is CC(C)C(N)c1nc2cc(Br)ccc2n1Cc1ccccc1. The smallest absolute Gasteiger partial charge is 0.127 e. The van der Waals surface area contributed by atoms with E-state index in [1.54, 1.807) is 0 Å². The monoisotopic (exact) mass is 357 g/mol. The maximum Gasteiger partial charge on any atom is 0.127 e. The highest BCUT2D eigenvalue weighted by atomic mass is 79.9. The third-order valence-electron chi connectivity index (χ3n) is 3.94. The normalized spacial score (nSPS) is 13.0.